The Kier molecular flexibility index (Phi) is 2.73. The van der Waals surface area contributed by atoms with Gasteiger partial charge < -0.3 is 10.0 Å². The number of β-amino-alcohol motifs (C(OH)–C–C–N with tert-alkyl or cyclic N) is 1. The third kappa shape index (κ3) is 1.90. The number of halogens is 1. The van der Waals surface area contributed by atoms with Crippen molar-refractivity contribution in [3.8, 4) is 0 Å². The molecule has 1 unspecified atom stereocenters. The molecule has 74 valence electrons. The van der Waals surface area contributed by atoms with Gasteiger partial charge in [-0.05, 0) is 46.9 Å². The average Bonchev–Trinajstić information content (AvgIpc) is 2.47. The van der Waals surface area contributed by atoms with E-state index in [0.717, 1.165) is 9.26 Å². The van der Waals surface area contributed by atoms with Crippen LogP contribution in [0.15, 0.2) is 24.3 Å². The van der Waals surface area contributed by atoms with E-state index in [1.165, 1.54) is 0 Å². The molecule has 1 aromatic rings. The Hall–Kier alpha value is -0.620. The van der Waals surface area contributed by atoms with Crippen molar-refractivity contribution in [3.63, 3.8) is 0 Å². The summed E-state index contributed by atoms with van der Waals surface area (Å²) in [5.41, 5.74) is 0.868. The maximum atomic E-state index is 11.4. The van der Waals surface area contributed by atoms with E-state index in [1.54, 1.807) is 4.90 Å². The molecule has 1 fully saturated rings. The zero-order chi connectivity index (χ0) is 10.1. The number of hydrogen-bond donors (Lipinski definition) is 1. The molecule has 2 rings (SSSR count). The molecule has 1 aliphatic rings. The number of benzene rings is 1. The van der Waals surface area contributed by atoms with Gasteiger partial charge >= 0.3 is 0 Å². The molecule has 0 saturated carbocycles. The van der Waals surface area contributed by atoms with Crippen molar-refractivity contribution in [1.29, 1.82) is 0 Å². The second kappa shape index (κ2) is 3.86. The minimum atomic E-state index is -0.512. The molecule has 1 heterocycles. The van der Waals surface area contributed by atoms with Crippen LogP contribution in [-0.4, -0.2) is 23.7 Å². The second-order valence-corrected chi connectivity index (χ2v) is 4.58. The number of aliphatic hydroxyl groups is 1. The lowest BCUT2D eigenvalue weighted by Crippen LogP contribution is -2.25. The molecule has 0 spiro atoms. The fraction of sp³-hybridized carbons (Fsp3) is 0.300. The molecule has 0 radical (unpaired) electrons. The van der Waals surface area contributed by atoms with E-state index >= 15 is 0 Å². The first-order chi connectivity index (χ1) is 6.66. The molecular formula is C10H10INO2. The van der Waals surface area contributed by atoms with Gasteiger partial charge in [-0.25, -0.2) is 0 Å². The molecule has 0 aliphatic carbocycles. The van der Waals surface area contributed by atoms with Crippen molar-refractivity contribution >= 4 is 34.2 Å². The van der Waals surface area contributed by atoms with Crippen molar-refractivity contribution in [1.82, 2.24) is 0 Å². The highest BCUT2D eigenvalue weighted by Gasteiger charge is 2.28. The summed E-state index contributed by atoms with van der Waals surface area (Å²) in [4.78, 5) is 13.1. The van der Waals surface area contributed by atoms with Gasteiger partial charge in [0.2, 0.25) is 5.91 Å². The standard InChI is InChI=1S/C10H10INO2/c11-7-1-3-8(4-2-7)12-6-9(13)5-10(12)14/h1-4,9,13H,5-6H2. The normalized spacial score (nSPS) is 21.7. The smallest absolute Gasteiger partial charge is 0.229 e. The van der Waals surface area contributed by atoms with Gasteiger partial charge in [0.05, 0.1) is 19.1 Å². The number of nitrogens with zero attached hydrogens (tertiary/aromatic N) is 1. The number of hydrogen-bond acceptors (Lipinski definition) is 2. The van der Waals surface area contributed by atoms with Gasteiger partial charge in [0.25, 0.3) is 0 Å². The first-order valence-corrected chi connectivity index (χ1v) is 5.48. The molecular weight excluding hydrogens is 293 g/mol. The van der Waals surface area contributed by atoms with E-state index < -0.39 is 6.10 Å². The molecule has 3 nitrogen and oxygen atoms in total. The summed E-state index contributed by atoms with van der Waals surface area (Å²) in [6.07, 6.45) is -0.270. The topological polar surface area (TPSA) is 40.5 Å². The SMILES string of the molecule is O=C1CC(O)CN1c1ccc(I)cc1. The number of amides is 1. The number of anilines is 1. The van der Waals surface area contributed by atoms with Crippen molar-refractivity contribution in [2.24, 2.45) is 0 Å². The lowest BCUT2D eigenvalue weighted by Gasteiger charge is -2.15. The molecule has 14 heavy (non-hydrogen) atoms. The van der Waals surface area contributed by atoms with E-state index in [-0.39, 0.29) is 12.3 Å². The highest BCUT2D eigenvalue weighted by Crippen LogP contribution is 2.22. The van der Waals surface area contributed by atoms with E-state index in [2.05, 4.69) is 22.6 Å². The summed E-state index contributed by atoms with van der Waals surface area (Å²) in [7, 11) is 0. The van der Waals surface area contributed by atoms with E-state index in [9.17, 15) is 9.90 Å². The van der Waals surface area contributed by atoms with Crippen LogP contribution in [0.1, 0.15) is 6.42 Å². The molecule has 1 aliphatic heterocycles. The predicted molar refractivity (Wildman–Crippen MR) is 62.1 cm³/mol. The predicted octanol–water partition coefficient (Wildman–Crippen LogP) is 1.39. The Bertz CT molecular complexity index is 350. The number of rotatable bonds is 1. The summed E-state index contributed by atoms with van der Waals surface area (Å²) in [6, 6.07) is 7.71. The number of carbonyl (C=O) groups excluding carboxylic acids is 1. The Morgan fingerprint density at radius 3 is 2.50 bits per heavy atom. The first kappa shape index (κ1) is 9.92. The first-order valence-electron chi connectivity index (χ1n) is 4.41. The van der Waals surface area contributed by atoms with Gasteiger partial charge in [-0.2, -0.15) is 0 Å². The quantitative estimate of drug-likeness (QED) is 0.797. The van der Waals surface area contributed by atoms with Gasteiger partial charge in [-0.15, -0.1) is 0 Å². The van der Waals surface area contributed by atoms with Crippen molar-refractivity contribution in [2.45, 2.75) is 12.5 Å². The number of carbonyl (C=O) groups is 1. The Morgan fingerprint density at radius 2 is 2.00 bits per heavy atom. The Balaban J connectivity index is 2.23. The molecule has 1 saturated heterocycles. The zero-order valence-corrected chi connectivity index (χ0v) is 9.64. The third-order valence-electron chi connectivity index (χ3n) is 2.24. The molecule has 1 N–H and O–H groups in total. The summed E-state index contributed by atoms with van der Waals surface area (Å²) < 4.78 is 1.14. The minimum absolute atomic E-state index is 0.00120. The molecule has 0 bridgehead atoms. The van der Waals surface area contributed by atoms with Crippen LogP contribution in [0, 0.1) is 3.57 Å². The lowest BCUT2D eigenvalue weighted by atomic mass is 10.3. The van der Waals surface area contributed by atoms with Gasteiger partial charge in [0.15, 0.2) is 0 Å². The third-order valence-corrected chi connectivity index (χ3v) is 2.96. The lowest BCUT2D eigenvalue weighted by molar-refractivity contribution is -0.117. The van der Waals surface area contributed by atoms with Crippen LogP contribution in [0.3, 0.4) is 0 Å². The maximum absolute atomic E-state index is 11.4. The Labute approximate surface area is 95.9 Å². The Morgan fingerprint density at radius 1 is 1.36 bits per heavy atom. The van der Waals surface area contributed by atoms with Crippen LogP contribution in [0.5, 0.6) is 0 Å². The van der Waals surface area contributed by atoms with Crippen LogP contribution >= 0.6 is 22.6 Å². The highest BCUT2D eigenvalue weighted by molar-refractivity contribution is 14.1. The van der Waals surface area contributed by atoms with Gasteiger partial charge in [0.1, 0.15) is 0 Å². The van der Waals surface area contributed by atoms with Crippen LogP contribution < -0.4 is 4.90 Å². The highest BCUT2D eigenvalue weighted by atomic mass is 127. The fourth-order valence-corrected chi connectivity index (χ4v) is 1.92. The van der Waals surface area contributed by atoms with Crippen molar-refractivity contribution in [2.75, 3.05) is 11.4 Å². The number of aliphatic hydroxyl groups excluding tert-OH is 1. The zero-order valence-electron chi connectivity index (χ0n) is 7.48. The summed E-state index contributed by atoms with van der Waals surface area (Å²) >= 11 is 2.22. The van der Waals surface area contributed by atoms with Crippen LogP contribution in [0.25, 0.3) is 0 Å². The second-order valence-electron chi connectivity index (χ2n) is 3.34. The monoisotopic (exact) mass is 303 g/mol. The largest absolute Gasteiger partial charge is 0.391 e. The molecule has 1 aromatic carbocycles. The maximum Gasteiger partial charge on any atom is 0.229 e. The average molecular weight is 303 g/mol. The van der Waals surface area contributed by atoms with Gasteiger partial charge in [-0.3, -0.25) is 4.79 Å². The van der Waals surface area contributed by atoms with E-state index in [4.69, 9.17) is 0 Å². The van der Waals surface area contributed by atoms with Gasteiger partial charge in [-0.1, -0.05) is 0 Å². The van der Waals surface area contributed by atoms with Gasteiger partial charge in [0, 0.05) is 9.26 Å². The minimum Gasteiger partial charge on any atom is -0.391 e. The van der Waals surface area contributed by atoms with Crippen LogP contribution in [0.4, 0.5) is 5.69 Å². The summed E-state index contributed by atoms with van der Waals surface area (Å²) in [6.45, 7) is 0.416. The molecule has 0 aromatic heterocycles. The molecule has 4 heteroatoms. The summed E-state index contributed by atoms with van der Waals surface area (Å²) in [5.74, 6) is -0.00120. The summed E-state index contributed by atoms with van der Waals surface area (Å²) in [5, 5.41) is 9.32. The molecule has 1 amide bonds. The van der Waals surface area contributed by atoms with Crippen molar-refractivity contribution < 1.29 is 9.90 Å². The van der Waals surface area contributed by atoms with Crippen LogP contribution in [0.2, 0.25) is 0 Å². The fourth-order valence-electron chi connectivity index (χ4n) is 1.56. The van der Waals surface area contributed by atoms with E-state index in [1.807, 2.05) is 24.3 Å². The molecule has 1 atom stereocenters. The van der Waals surface area contributed by atoms with Crippen LogP contribution in [-0.2, 0) is 4.79 Å². The van der Waals surface area contributed by atoms with Crippen molar-refractivity contribution in [3.05, 3.63) is 27.8 Å². The van der Waals surface area contributed by atoms with E-state index in [0.29, 0.717) is 6.54 Å².